The number of hydrogen-bond donors (Lipinski definition) is 3. The molecule has 0 saturated carbocycles. The van der Waals surface area contributed by atoms with Gasteiger partial charge in [-0.15, -0.1) is 0 Å². The molecule has 1 saturated heterocycles. The van der Waals surface area contributed by atoms with Crippen LogP contribution < -0.4 is 5.32 Å². The van der Waals surface area contributed by atoms with Crippen LogP contribution in [0.25, 0.3) is 10.9 Å². The number of nitrogens with one attached hydrogen (secondary N) is 2. The zero-order valence-electron chi connectivity index (χ0n) is 12.2. The minimum Gasteiger partial charge on any atom is -0.361 e. The third-order valence-corrected chi connectivity index (χ3v) is 5.51. The van der Waals surface area contributed by atoms with E-state index in [2.05, 4.69) is 42.3 Å². The maximum Gasteiger partial charge on any atom is 0.0981 e. The molecule has 1 fully saturated rings. The summed E-state index contributed by atoms with van der Waals surface area (Å²) in [5.41, 5.74) is 3.37. The van der Waals surface area contributed by atoms with E-state index < -0.39 is 4.65 Å². The first-order chi connectivity index (χ1) is 9.48. The van der Waals surface area contributed by atoms with Crippen LogP contribution in [0.1, 0.15) is 37.8 Å². The number of aromatic nitrogens is 1. The zero-order valence-corrected chi connectivity index (χ0v) is 13.1. The first-order valence-corrected chi connectivity index (χ1v) is 7.79. The highest BCUT2D eigenvalue weighted by atomic mass is 32.1. The van der Waals surface area contributed by atoms with Gasteiger partial charge in [0.1, 0.15) is 0 Å². The minimum atomic E-state index is -0.686. The maximum atomic E-state index is 6.66. The predicted octanol–water partition coefficient (Wildman–Crippen LogP) is 3.12. The van der Waals surface area contributed by atoms with Crippen molar-refractivity contribution in [3.63, 3.8) is 0 Å². The number of hydrogen-bond acceptors (Lipinski definition) is 2. The lowest BCUT2D eigenvalue weighted by Gasteiger charge is -2.41. The molecule has 0 amide bonds. The monoisotopic (exact) mass is 284 g/mol. The highest BCUT2D eigenvalue weighted by Crippen LogP contribution is 2.43. The van der Waals surface area contributed by atoms with E-state index in [1.165, 1.54) is 10.9 Å². The molecule has 0 aliphatic carbocycles. The fourth-order valence-corrected chi connectivity index (χ4v) is 3.60. The van der Waals surface area contributed by atoms with Crippen molar-refractivity contribution in [2.75, 3.05) is 6.54 Å². The van der Waals surface area contributed by atoms with Gasteiger partial charge in [0, 0.05) is 27.3 Å². The topological polar surface area (TPSA) is 27.8 Å². The van der Waals surface area contributed by atoms with Crippen molar-refractivity contribution in [2.24, 2.45) is 0 Å². The molecule has 2 heterocycles. The van der Waals surface area contributed by atoms with Crippen LogP contribution in [0.15, 0.2) is 24.4 Å². The summed E-state index contributed by atoms with van der Waals surface area (Å²) in [6, 6.07) is 6.53. The molecule has 0 bridgehead atoms. The second kappa shape index (κ2) is 4.85. The summed E-state index contributed by atoms with van der Waals surface area (Å²) in [5.74, 6) is 0. The van der Waals surface area contributed by atoms with Crippen LogP contribution in [0.3, 0.4) is 0 Å². The largest absolute Gasteiger partial charge is 0.361 e. The Kier molecular flexibility index (Phi) is 3.42. The summed E-state index contributed by atoms with van der Waals surface area (Å²) in [6.45, 7) is 5.36. The van der Waals surface area contributed by atoms with Gasteiger partial charge in [0.2, 0.25) is 0 Å². The van der Waals surface area contributed by atoms with Gasteiger partial charge >= 0.3 is 0 Å². The highest BCUT2D eigenvalue weighted by Gasteiger charge is 2.45. The number of fused-ring (bicyclic) bond motifs is 1. The molecule has 2 atom stereocenters. The van der Waals surface area contributed by atoms with E-state index in [9.17, 15) is 0 Å². The fraction of sp³-hybridized carbons (Fsp3) is 0.500. The lowest BCUT2D eigenvalue weighted by Crippen LogP contribution is -2.53. The molecule has 1 aliphatic heterocycles. The average Bonchev–Trinajstić information content (AvgIpc) is 3.05. The molecule has 20 heavy (non-hydrogen) atoms. The number of H-pyrrole nitrogens is 1. The minimum absolute atomic E-state index is 0.173. The summed E-state index contributed by atoms with van der Waals surface area (Å²) >= 11 is 4.86. The van der Waals surface area contributed by atoms with Crippen LogP contribution in [0.2, 0.25) is 0 Å². The van der Waals surface area contributed by atoms with Gasteiger partial charge < -0.3 is 10.3 Å². The van der Waals surface area contributed by atoms with E-state index in [0.717, 1.165) is 36.9 Å². The Labute approximate surface area is 127 Å². The normalized spacial score (nSPS) is 25.9. The van der Waals surface area contributed by atoms with E-state index in [4.69, 9.17) is 20.5 Å². The van der Waals surface area contributed by atoms with E-state index in [1.807, 2.05) is 6.20 Å². The fourth-order valence-electron chi connectivity index (χ4n) is 3.22. The van der Waals surface area contributed by atoms with Crippen molar-refractivity contribution in [1.82, 2.24) is 10.3 Å². The first-order valence-electron chi connectivity index (χ1n) is 7.35. The molecular weight excluding hydrogens is 263 g/mol. The number of rotatable bonds is 3. The van der Waals surface area contributed by atoms with E-state index >= 15 is 0 Å². The Balaban J connectivity index is 2.13. The van der Waals surface area contributed by atoms with Crippen LogP contribution in [0.5, 0.6) is 0 Å². The number of benzene rings is 1. The standard InChI is InChI=1S/C16H21BN2S/c1-3-11-5-6-14-12(9-11)13(10-18-14)16(17,20)15(2)7-4-8-19-15/h5-6,9-10,18-20H,3-4,7-8H2,1-2H3/t15-,16?/m1/s1. The second-order valence-corrected chi connectivity index (χ2v) is 6.77. The van der Waals surface area contributed by atoms with Crippen molar-refractivity contribution < 1.29 is 0 Å². The molecule has 0 spiro atoms. The van der Waals surface area contributed by atoms with Crippen LogP contribution in [-0.2, 0) is 11.1 Å². The predicted molar refractivity (Wildman–Crippen MR) is 89.7 cm³/mol. The molecule has 1 unspecified atom stereocenters. The molecule has 104 valence electrons. The molecule has 1 aliphatic rings. The summed E-state index contributed by atoms with van der Waals surface area (Å²) in [4.78, 5) is 3.33. The van der Waals surface area contributed by atoms with Crippen LogP contribution in [0, 0.1) is 0 Å². The van der Waals surface area contributed by atoms with Gasteiger partial charge in [-0.2, -0.15) is 12.6 Å². The van der Waals surface area contributed by atoms with Gasteiger partial charge in [-0.05, 0) is 56.0 Å². The second-order valence-electron chi connectivity index (χ2n) is 6.06. The van der Waals surface area contributed by atoms with Gasteiger partial charge in [-0.25, -0.2) is 0 Å². The van der Waals surface area contributed by atoms with Gasteiger partial charge in [-0.1, -0.05) is 13.0 Å². The Morgan fingerprint density at radius 2 is 2.25 bits per heavy atom. The molecule has 2 nitrogen and oxygen atoms in total. The Hall–Kier alpha value is -0.865. The summed E-state index contributed by atoms with van der Waals surface area (Å²) in [6.07, 6.45) is 5.24. The Bertz CT molecular complexity index is 626. The van der Waals surface area contributed by atoms with E-state index in [1.54, 1.807) is 0 Å². The van der Waals surface area contributed by atoms with Crippen molar-refractivity contribution in [1.29, 1.82) is 0 Å². The average molecular weight is 284 g/mol. The molecule has 3 rings (SSSR count). The summed E-state index contributed by atoms with van der Waals surface area (Å²) in [5, 5.41) is 4.73. The number of aromatic amines is 1. The molecule has 2 N–H and O–H groups in total. The first kappa shape index (κ1) is 14.1. The quantitative estimate of drug-likeness (QED) is 0.586. The van der Waals surface area contributed by atoms with Gasteiger partial charge in [0.15, 0.2) is 0 Å². The van der Waals surface area contributed by atoms with E-state index in [-0.39, 0.29) is 5.54 Å². The molecule has 2 radical (unpaired) electrons. The lowest BCUT2D eigenvalue weighted by molar-refractivity contribution is 0.377. The number of aryl methyl sites for hydroxylation is 1. The Morgan fingerprint density at radius 1 is 1.45 bits per heavy atom. The van der Waals surface area contributed by atoms with Crippen LogP contribution >= 0.6 is 12.6 Å². The van der Waals surface area contributed by atoms with Crippen molar-refractivity contribution in [3.05, 3.63) is 35.5 Å². The van der Waals surface area contributed by atoms with Crippen molar-refractivity contribution in [2.45, 2.75) is 43.3 Å². The van der Waals surface area contributed by atoms with Crippen LogP contribution in [0.4, 0.5) is 0 Å². The maximum absolute atomic E-state index is 6.66. The molecule has 1 aromatic carbocycles. The van der Waals surface area contributed by atoms with Crippen LogP contribution in [-0.4, -0.2) is 24.9 Å². The smallest absolute Gasteiger partial charge is 0.0981 e. The van der Waals surface area contributed by atoms with Gasteiger partial charge in [0.25, 0.3) is 0 Å². The van der Waals surface area contributed by atoms with Crippen molar-refractivity contribution in [3.8, 4) is 0 Å². The lowest BCUT2D eigenvalue weighted by atomic mass is 9.66. The molecule has 1 aromatic heterocycles. The summed E-state index contributed by atoms with van der Waals surface area (Å²) in [7, 11) is 6.66. The van der Waals surface area contributed by atoms with Gasteiger partial charge in [-0.3, -0.25) is 0 Å². The third kappa shape index (κ3) is 2.01. The zero-order chi connectivity index (χ0) is 14.4. The molecule has 4 heteroatoms. The SMILES string of the molecule is [B]C(S)(c1c[nH]c2ccc(CC)cc12)[C@@]1(C)CCCN1. The third-order valence-electron chi connectivity index (χ3n) is 4.77. The molecular formula is C16H21BN2S. The van der Waals surface area contributed by atoms with E-state index in [0.29, 0.717) is 0 Å². The molecule has 2 aromatic rings. The summed E-state index contributed by atoms with van der Waals surface area (Å²) < 4.78 is -0.686. The Morgan fingerprint density at radius 3 is 2.90 bits per heavy atom. The van der Waals surface area contributed by atoms with Crippen molar-refractivity contribution >= 4 is 31.4 Å². The highest BCUT2D eigenvalue weighted by molar-refractivity contribution is 7.82. The van der Waals surface area contributed by atoms with Gasteiger partial charge in [0.05, 0.1) is 7.85 Å². The number of thiol groups is 1.